The molecule has 1 aromatic carbocycles. The Morgan fingerprint density at radius 3 is 2.86 bits per heavy atom. The van der Waals surface area contributed by atoms with Gasteiger partial charge in [-0.05, 0) is 25.5 Å². The highest BCUT2D eigenvalue weighted by atomic mass is 19.1. The van der Waals surface area contributed by atoms with E-state index in [0.29, 0.717) is 12.0 Å². The lowest BCUT2D eigenvalue weighted by Gasteiger charge is -2.03. The largest absolute Gasteiger partial charge is 0.393 e. The quantitative estimate of drug-likeness (QED) is 0.749. The van der Waals surface area contributed by atoms with Crippen LogP contribution in [0.5, 0.6) is 0 Å². The van der Waals surface area contributed by atoms with Gasteiger partial charge in [-0.3, -0.25) is 4.79 Å². The molecule has 76 valence electrons. The van der Waals surface area contributed by atoms with Crippen LogP contribution in [0.4, 0.5) is 4.39 Å². The highest BCUT2D eigenvalue weighted by Gasteiger charge is 2.07. The summed E-state index contributed by atoms with van der Waals surface area (Å²) in [4.78, 5) is 11.4. The first kappa shape index (κ1) is 10.9. The molecule has 0 fully saturated rings. The van der Waals surface area contributed by atoms with Crippen molar-refractivity contribution in [3.05, 3.63) is 35.6 Å². The van der Waals surface area contributed by atoms with E-state index in [1.807, 2.05) is 0 Å². The first-order valence-corrected chi connectivity index (χ1v) is 4.56. The molecule has 1 N–H and O–H groups in total. The Bertz CT molecular complexity index is 321. The number of carbonyl (C=O) groups is 1. The highest BCUT2D eigenvalue weighted by Crippen LogP contribution is 2.08. The molecule has 3 heteroatoms. The van der Waals surface area contributed by atoms with Crippen LogP contribution >= 0.6 is 0 Å². The second kappa shape index (κ2) is 4.86. The molecule has 0 saturated heterocycles. The van der Waals surface area contributed by atoms with Crippen LogP contribution in [0.1, 0.15) is 30.1 Å². The van der Waals surface area contributed by atoms with Crippen molar-refractivity contribution in [3.8, 4) is 0 Å². The van der Waals surface area contributed by atoms with Crippen LogP contribution in [0.25, 0.3) is 0 Å². The molecule has 1 aromatic rings. The van der Waals surface area contributed by atoms with E-state index in [9.17, 15) is 9.18 Å². The van der Waals surface area contributed by atoms with Gasteiger partial charge in [0, 0.05) is 12.0 Å². The summed E-state index contributed by atoms with van der Waals surface area (Å²) in [6.45, 7) is 1.62. The summed E-state index contributed by atoms with van der Waals surface area (Å²) in [7, 11) is 0. The summed E-state index contributed by atoms with van der Waals surface area (Å²) in [5.74, 6) is -0.543. The molecule has 14 heavy (non-hydrogen) atoms. The Morgan fingerprint density at radius 2 is 2.29 bits per heavy atom. The molecule has 0 heterocycles. The Morgan fingerprint density at radius 1 is 1.57 bits per heavy atom. The van der Waals surface area contributed by atoms with Crippen molar-refractivity contribution in [2.24, 2.45) is 0 Å². The molecule has 0 bridgehead atoms. The number of aliphatic hydroxyl groups is 1. The fraction of sp³-hybridized carbons (Fsp3) is 0.364. The number of ketones is 1. The van der Waals surface area contributed by atoms with E-state index in [1.54, 1.807) is 13.0 Å². The van der Waals surface area contributed by atoms with Gasteiger partial charge in [0.05, 0.1) is 6.10 Å². The predicted octanol–water partition coefficient (Wildman–Crippen LogP) is 2.17. The van der Waals surface area contributed by atoms with Crippen LogP contribution < -0.4 is 0 Å². The summed E-state index contributed by atoms with van der Waals surface area (Å²) < 4.78 is 12.7. The number of hydrogen-bond donors (Lipinski definition) is 1. The molecule has 0 amide bonds. The van der Waals surface area contributed by atoms with Gasteiger partial charge in [0.1, 0.15) is 5.82 Å². The molecule has 0 saturated carbocycles. The molecular formula is C11H13FO2. The van der Waals surface area contributed by atoms with Crippen LogP contribution in [0, 0.1) is 5.82 Å². The molecule has 0 spiro atoms. The lowest BCUT2D eigenvalue weighted by atomic mass is 10.1. The van der Waals surface area contributed by atoms with Gasteiger partial charge in [-0.15, -0.1) is 0 Å². The molecule has 0 radical (unpaired) electrons. The fourth-order valence-corrected chi connectivity index (χ4v) is 1.15. The third-order valence-electron chi connectivity index (χ3n) is 1.94. The van der Waals surface area contributed by atoms with Crippen molar-refractivity contribution in [2.75, 3.05) is 0 Å². The van der Waals surface area contributed by atoms with Gasteiger partial charge in [0.2, 0.25) is 0 Å². The van der Waals surface area contributed by atoms with E-state index in [-0.39, 0.29) is 12.2 Å². The maximum Gasteiger partial charge on any atom is 0.163 e. The topological polar surface area (TPSA) is 37.3 Å². The SMILES string of the molecule is CC(O)CCC(=O)c1cccc(F)c1. The van der Waals surface area contributed by atoms with Crippen LogP contribution in [0.2, 0.25) is 0 Å². The average molecular weight is 196 g/mol. The molecular weight excluding hydrogens is 183 g/mol. The van der Waals surface area contributed by atoms with Crippen molar-refractivity contribution < 1.29 is 14.3 Å². The number of benzene rings is 1. The first-order valence-electron chi connectivity index (χ1n) is 4.56. The second-order valence-corrected chi connectivity index (χ2v) is 3.32. The number of aliphatic hydroxyl groups excluding tert-OH is 1. The molecule has 0 aliphatic heterocycles. The van der Waals surface area contributed by atoms with E-state index >= 15 is 0 Å². The maximum atomic E-state index is 12.7. The van der Waals surface area contributed by atoms with E-state index in [4.69, 9.17) is 5.11 Å². The molecule has 1 unspecified atom stereocenters. The minimum atomic E-state index is -0.493. The molecule has 0 aromatic heterocycles. The van der Waals surface area contributed by atoms with Crippen molar-refractivity contribution in [2.45, 2.75) is 25.9 Å². The summed E-state index contributed by atoms with van der Waals surface area (Å²) in [6, 6.07) is 5.59. The summed E-state index contributed by atoms with van der Waals surface area (Å²) in [5.41, 5.74) is 0.366. The number of rotatable bonds is 4. The second-order valence-electron chi connectivity index (χ2n) is 3.32. The zero-order valence-corrected chi connectivity index (χ0v) is 8.03. The maximum absolute atomic E-state index is 12.7. The molecule has 2 nitrogen and oxygen atoms in total. The summed E-state index contributed by atoms with van der Waals surface area (Å²) in [6.07, 6.45) is 0.170. The van der Waals surface area contributed by atoms with E-state index < -0.39 is 11.9 Å². The monoisotopic (exact) mass is 196 g/mol. The van der Waals surface area contributed by atoms with Gasteiger partial charge in [0.15, 0.2) is 5.78 Å². The first-order chi connectivity index (χ1) is 6.59. The zero-order valence-electron chi connectivity index (χ0n) is 8.03. The van der Waals surface area contributed by atoms with Gasteiger partial charge in [-0.1, -0.05) is 12.1 Å². The molecule has 1 rings (SSSR count). The Balaban J connectivity index is 2.61. The summed E-state index contributed by atoms with van der Waals surface area (Å²) in [5, 5.41) is 8.98. The van der Waals surface area contributed by atoms with E-state index in [1.165, 1.54) is 18.2 Å². The van der Waals surface area contributed by atoms with Crippen molar-refractivity contribution in [1.82, 2.24) is 0 Å². The third kappa shape index (κ3) is 3.26. The van der Waals surface area contributed by atoms with Crippen LogP contribution in [0.15, 0.2) is 24.3 Å². The van der Waals surface area contributed by atoms with Gasteiger partial charge in [-0.25, -0.2) is 4.39 Å². The fourth-order valence-electron chi connectivity index (χ4n) is 1.15. The van der Waals surface area contributed by atoms with Crippen LogP contribution in [-0.4, -0.2) is 17.0 Å². The lowest BCUT2D eigenvalue weighted by molar-refractivity contribution is 0.0949. The Labute approximate surface area is 82.4 Å². The van der Waals surface area contributed by atoms with E-state index in [2.05, 4.69) is 0 Å². The predicted molar refractivity (Wildman–Crippen MR) is 51.6 cm³/mol. The molecule has 0 aliphatic carbocycles. The van der Waals surface area contributed by atoms with Gasteiger partial charge in [-0.2, -0.15) is 0 Å². The summed E-state index contributed by atoms with van der Waals surface area (Å²) >= 11 is 0. The lowest BCUT2D eigenvalue weighted by Crippen LogP contribution is -2.06. The van der Waals surface area contributed by atoms with Crippen molar-refractivity contribution >= 4 is 5.78 Å². The Kier molecular flexibility index (Phi) is 3.77. The van der Waals surface area contributed by atoms with Crippen LogP contribution in [0.3, 0.4) is 0 Å². The molecule has 0 aliphatic rings. The third-order valence-corrected chi connectivity index (χ3v) is 1.94. The molecule has 1 atom stereocenters. The van der Waals surface area contributed by atoms with Crippen molar-refractivity contribution in [3.63, 3.8) is 0 Å². The van der Waals surface area contributed by atoms with E-state index in [0.717, 1.165) is 0 Å². The van der Waals surface area contributed by atoms with Gasteiger partial charge < -0.3 is 5.11 Å². The van der Waals surface area contributed by atoms with Crippen molar-refractivity contribution in [1.29, 1.82) is 0 Å². The number of Topliss-reactive ketones (excluding diaryl/α,β-unsaturated/α-hetero) is 1. The normalized spacial score (nSPS) is 12.5. The number of halogens is 1. The number of hydrogen-bond acceptors (Lipinski definition) is 2. The standard InChI is InChI=1S/C11H13FO2/c1-8(13)5-6-11(14)9-3-2-4-10(12)7-9/h2-4,7-8,13H,5-6H2,1H3. The Hall–Kier alpha value is -1.22. The average Bonchev–Trinajstić information content (AvgIpc) is 2.14. The van der Waals surface area contributed by atoms with Crippen LogP contribution in [-0.2, 0) is 0 Å². The highest BCUT2D eigenvalue weighted by molar-refractivity contribution is 5.95. The van der Waals surface area contributed by atoms with Gasteiger partial charge in [0.25, 0.3) is 0 Å². The smallest absolute Gasteiger partial charge is 0.163 e. The number of carbonyl (C=O) groups excluding carboxylic acids is 1. The minimum Gasteiger partial charge on any atom is -0.393 e. The minimum absolute atomic E-state index is 0.134. The zero-order chi connectivity index (χ0) is 10.6. The van der Waals surface area contributed by atoms with Gasteiger partial charge >= 0.3 is 0 Å².